The van der Waals surface area contributed by atoms with Crippen LogP contribution in [0.3, 0.4) is 0 Å². The minimum absolute atomic E-state index is 0.618. The van der Waals surface area contributed by atoms with Crippen molar-refractivity contribution in [3.63, 3.8) is 0 Å². The number of benzene rings is 1. The van der Waals surface area contributed by atoms with Crippen molar-refractivity contribution in [2.45, 2.75) is 0 Å². The van der Waals surface area contributed by atoms with Crippen LogP contribution < -0.4 is 0 Å². The van der Waals surface area contributed by atoms with Crippen molar-refractivity contribution in [2.75, 3.05) is 12.4 Å². The van der Waals surface area contributed by atoms with E-state index in [1.807, 2.05) is 12.1 Å². The highest BCUT2D eigenvalue weighted by atomic mass is 79.9. The lowest BCUT2D eigenvalue weighted by atomic mass is 10.1. The van der Waals surface area contributed by atoms with Gasteiger partial charge in [0.1, 0.15) is 7.11 Å². The number of nitriles is 1. The van der Waals surface area contributed by atoms with Gasteiger partial charge in [0.2, 0.25) is 0 Å². The molecule has 0 unspecified atom stereocenters. The van der Waals surface area contributed by atoms with Crippen molar-refractivity contribution in [3.8, 4) is 6.07 Å². The van der Waals surface area contributed by atoms with Crippen LogP contribution in [0.25, 0.3) is 0 Å². The van der Waals surface area contributed by atoms with Crippen molar-refractivity contribution in [1.82, 2.24) is 0 Å². The summed E-state index contributed by atoms with van der Waals surface area (Å²) < 4.78 is 0. The standard InChI is InChI=1S/C10H9BrN2O/c1-14-13-10(6-11)9-4-2-8(7-12)3-5-9/h2-5H,6H2,1H3. The molecule has 0 fully saturated rings. The number of nitrogens with zero attached hydrogens (tertiary/aromatic N) is 2. The summed E-state index contributed by atoms with van der Waals surface area (Å²) in [6.07, 6.45) is 0. The first-order chi connectivity index (χ1) is 6.81. The first kappa shape index (κ1) is 10.7. The van der Waals surface area contributed by atoms with Gasteiger partial charge in [-0.2, -0.15) is 5.26 Å². The van der Waals surface area contributed by atoms with Gasteiger partial charge in [0.05, 0.1) is 17.3 Å². The Bertz CT molecular complexity index is 365. The molecule has 72 valence electrons. The van der Waals surface area contributed by atoms with Gasteiger partial charge >= 0.3 is 0 Å². The Hall–Kier alpha value is -1.34. The van der Waals surface area contributed by atoms with Crippen molar-refractivity contribution in [2.24, 2.45) is 5.16 Å². The Kier molecular flexibility index (Phi) is 4.14. The van der Waals surface area contributed by atoms with E-state index in [4.69, 9.17) is 10.1 Å². The van der Waals surface area contributed by atoms with E-state index < -0.39 is 0 Å². The summed E-state index contributed by atoms with van der Waals surface area (Å²) in [6.45, 7) is 0. The molecule has 0 spiro atoms. The molecule has 0 atom stereocenters. The smallest absolute Gasteiger partial charge is 0.106 e. The molecule has 0 saturated heterocycles. The summed E-state index contributed by atoms with van der Waals surface area (Å²) in [4.78, 5) is 4.70. The van der Waals surface area contributed by atoms with E-state index in [1.54, 1.807) is 12.1 Å². The van der Waals surface area contributed by atoms with Gasteiger partial charge in [-0.15, -0.1) is 0 Å². The summed E-state index contributed by atoms with van der Waals surface area (Å²) in [5.41, 5.74) is 2.39. The fourth-order valence-corrected chi connectivity index (χ4v) is 1.43. The van der Waals surface area contributed by atoms with E-state index in [1.165, 1.54) is 7.11 Å². The summed E-state index contributed by atoms with van der Waals surface area (Å²) in [6, 6.07) is 9.26. The highest BCUT2D eigenvalue weighted by molar-refractivity contribution is 9.09. The van der Waals surface area contributed by atoms with Gasteiger partial charge in [-0.25, -0.2) is 0 Å². The predicted octanol–water partition coefficient (Wildman–Crippen LogP) is 2.30. The second-order valence-electron chi connectivity index (χ2n) is 2.54. The molecule has 0 bridgehead atoms. The van der Waals surface area contributed by atoms with Gasteiger partial charge in [-0.1, -0.05) is 33.2 Å². The molecule has 0 saturated carbocycles. The lowest BCUT2D eigenvalue weighted by Crippen LogP contribution is -2.02. The molecule has 0 N–H and O–H groups in total. The average Bonchev–Trinajstić information content (AvgIpc) is 2.26. The molecule has 1 aromatic carbocycles. The van der Waals surface area contributed by atoms with Crippen LogP contribution in [-0.4, -0.2) is 18.2 Å². The largest absolute Gasteiger partial charge is 0.399 e. The summed E-state index contributed by atoms with van der Waals surface area (Å²) in [7, 11) is 1.51. The molecule has 1 aromatic rings. The third-order valence-electron chi connectivity index (χ3n) is 1.68. The summed E-state index contributed by atoms with van der Waals surface area (Å²) >= 11 is 3.31. The maximum Gasteiger partial charge on any atom is 0.106 e. The Balaban J connectivity index is 2.96. The van der Waals surface area contributed by atoms with Crippen molar-refractivity contribution >= 4 is 21.6 Å². The first-order valence-electron chi connectivity index (χ1n) is 3.98. The molecule has 1 rings (SSSR count). The maximum absolute atomic E-state index is 8.61. The molecule has 0 aliphatic heterocycles. The number of hydrogen-bond donors (Lipinski definition) is 0. The molecule has 0 amide bonds. The minimum atomic E-state index is 0.618. The zero-order chi connectivity index (χ0) is 10.4. The van der Waals surface area contributed by atoms with Gasteiger partial charge in [-0.05, 0) is 12.1 Å². The highest BCUT2D eigenvalue weighted by Gasteiger charge is 2.02. The van der Waals surface area contributed by atoms with Crippen LogP contribution in [0.1, 0.15) is 11.1 Å². The highest BCUT2D eigenvalue weighted by Crippen LogP contribution is 2.07. The number of hydrogen-bond acceptors (Lipinski definition) is 3. The van der Waals surface area contributed by atoms with Gasteiger partial charge in [0, 0.05) is 10.9 Å². The molecular weight excluding hydrogens is 244 g/mol. The van der Waals surface area contributed by atoms with Crippen LogP contribution in [0.15, 0.2) is 29.4 Å². The average molecular weight is 253 g/mol. The molecule has 14 heavy (non-hydrogen) atoms. The Morgan fingerprint density at radius 1 is 1.50 bits per heavy atom. The number of rotatable bonds is 3. The fourth-order valence-electron chi connectivity index (χ4n) is 1.00. The topological polar surface area (TPSA) is 45.4 Å². The van der Waals surface area contributed by atoms with Crippen molar-refractivity contribution < 1.29 is 4.84 Å². The Morgan fingerprint density at radius 2 is 2.14 bits per heavy atom. The third kappa shape index (κ3) is 2.57. The number of oxime groups is 1. The monoisotopic (exact) mass is 252 g/mol. The van der Waals surface area contributed by atoms with E-state index >= 15 is 0 Å². The summed E-state index contributed by atoms with van der Waals surface area (Å²) in [5, 5.41) is 13.1. The Morgan fingerprint density at radius 3 is 2.57 bits per heavy atom. The van der Waals surface area contributed by atoms with Crippen LogP contribution >= 0.6 is 15.9 Å². The summed E-state index contributed by atoms with van der Waals surface area (Å²) in [5.74, 6) is 0. The first-order valence-corrected chi connectivity index (χ1v) is 5.10. The molecule has 0 aromatic heterocycles. The molecule has 3 nitrogen and oxygen atoms in total. The van der Waals surface area contributed by atoms with E-state index in [2.05, 4.69) is 27.2 Å². The SMILES string of the molecule is CON=C(CBr)c1ccc(C#N)cc1. The molecule has 0 aliphatic carbocycles. The van der Waals surface area contributed by atoms with E-state index in [0.29, 0.717) is 10.9 Å². The van der Waals surface area contributed by atoms with E-state index in [-0.39, 0.29) is 0 Å². The quantitative estimate of drug-likeness (QED) is 0.471. The van der Waals surface area contributed by atoms with Gasteiger partial charge in [-0.3, -0.25) is 0 Å². The maximum atomic E-state index is 8.61. The van der Waals surface area contributed by atoms with E-state index in [0.717, 1.165) is 11.3 Å². The molecule has 0 radical (unpaired) electrons. The molecule has 4 heteroatoms. The van der Waals surface area contributed by atoms with Crippen molar-refractivity contribution in [1.29, 1.82) is 5.26 Å². The minimum Gasteiger partial charge on any atom is -0.399 e. The van der Waals surface area contributed by atoms with Gasteiger partial charge < -0.3 is 4.84 Å². The molecule has 0 heterocycles. The second kappa shape index (κ2) is 5.40. The molecule has 0 aliphatic rings. The normalized spacial score (nSPS) is 10.8. The van der Waals surface area contributed by atoms with Crippen molar-refractivity contribution in [3.05, 3.63) is 35.4 Å². The van der Waals surface area contributed by atoms with Crippen LogP contribution in [0.5, 0.6) is 0 Å². The van der Waals surface area contributed by atoms with Crippen LogP contribution in [0.4, 0.5) is 0 Å². The predicted molar refractivity (Wildman–Crippen MR) is 58.5 cm³/mol. The number of alkyl halides is 1. The lowest BCUT2D eigenvalue weighted by Gasteiger charge is -2.01. The molecular formula is C10H9BrN2O. The third-order valence-corrected chi connectivity index (χ3v) is 2.21. The second-order valence-corrected chi connectivity index (χ2v) is 3.10. The zero-order valence-electron chi connectivity index (χ0n) is 7.70. The van der Waals surface area contributed by atoms with Crippen LogP contribution in [-0.2, 0) is 4.84 Å². The Labute approximate surface area is 91.1 Å². The van der Waals surface area contributed by atoms with Gasteiger partial charge in [0.15, 0.2) is 0 Å². The lowest BCUT2D eigenvalue weighted by molar-refractivity contribution is 0.213. The van der Waals surface area contributed by atoms with E-state index in [9.17, 15) is 0 Å². The zero-order valence-corrected chi connectivity index (χ0v) is 9.28. The van der Waals surface area contributed by atoms with Crippen LogP contribution in [0.2, 0.25) is 0 Å². The van der Waals surface area contributed by atoms with Crippen LogP contribution in [0, 0.1) is 11.3 Å². The number of halogens is 1. The fraction of sp³-hybridized carbons (Fsp3) is 0.200. The van der Waals surface area contributed by atoms with Gasteiger partial charge in [0.25, 0.3) is 0 Å².